The molecule has 5 nitrogen and oxygen atoms in total. The lowest BCUT2D eigenvalue weighted by Gasteiger charge is -1.93. The first-order valence-electron chi connectivity index (χ1n) is 4.59. The molecule has 0 atom stereocenters. The van der Waals surface area contributed by atoms with Crippen molar-refractivity contribution in [3.05, 3.63) is 38.9 Å². The maximum absolute atomic E-state index is 11.2. The van der Waals surface area contributed by atoms with Gasteiger partial charge in [0.05, 0.1) is 5.52 Å². The Bertz CT molecular complexity index is 818. The Morgan fingerprint density at radius 3 is 2.59 bits per heavy atom. The summed E-state index contributed by atoms with van der Waals surface area (Å²) in [6.45, 7) is 0. The van der Waals surface area contributed by atoms with Crippen LogP contribution in [0.2, 0.25) is 0 Å². The van der Waals surface area contributed by atoms with Crippen molar-refractivity contribution in [1.29, 1.82) is 0 Å². The minimum absolute atomic E-state index is 0. The lowest BCUT2D eigenvalue weighted by atomic mass is 10.2. The molecule has 0 bridgehead atoms. The third kappa shape index (κ3) is 1.71. The van der Waals surface area contributed by atoms with Crippen LogP contribution in [0.25, 0.3) is 20.4 Å². The van der Waals surface area contributed by atoms with E-state index in [2.05, 4.69) is 9.97 Å². The van der Waals surface area contributed by atoms with E-state index in [1.165, 1.54) is 11.3 Å². The monoisotopic (exact) mass is 269 g/mol. The zero-order valence-electron chi connectivity index (χ0n) is 8.44. The largest absolute Gasteiger partial charge is 0.399 e. The van der Waals surface area contributed by atoms with Crippen LogP contribution in [0.15, 0.2) is 27.8 Å². The van der Waals surface area contributed by atoms with Gasteiger partial charge in [-0.1, -0.05) is 0 Å². The van der Waals surface area contributed by atoms with E-state index in [1.807, 2.05) is 6.07 Å². The Morgan fingerprint density at radius 2 is 1.82 bits per heavy atom. The van der Waals surface area contributed by atoms with Crippen molar-refractivity contribution in [2.45, 2.75) is 0 Å². The summed E-state index contributed by atoms with van der Waals surface area (Å²) in [7, 11) is 0. The van der Waals surface area contributed by atoms with Gasteiger partial charge in [-0.2, -0.15) is 0 Å². The van der Waals surface area contributed by atoms with Crippen LogP contribution in [0.4, 0.5) is 5.69 Å². The van der Waals surface area contributed by atoms with Gasteiger partial charge < -0.3 is 15.7 Å². The predicted octanol–water partition coefficient (Wildman–Crippen LogP) is 1.44. The first kappa shape index (κ1) is 11.7. The van der Waals surface area contributed by atoms with Gasteiger partial charge in [-0.05, 0) is 18.2 Å². The zero-order valence-corrected chi connectivity index (χ0v) is 10.1. The van der Waals surface area contributed by atoms with Gasteiger partial charge in [0, 0.05) is 15.8 Å². The zero-order chi connectivity index (χ0) is 11.3. The molecule has 88 valence electrons. The molecule has 0 saturated carbocycles. The molecule has 4 N–H and O–H groups in total. The van der Waals surface area contributed by atoms with Crippen LogP contribution in [-0.2, 0) is 0 Å². The second-order valence-electron chi connectivity index (χ2n) is 3.47. The Labute approximate surface area is 105 Å². The van der Waals surface area contributed by atoms with Gasteiger partial charge in [0.1, 0.15) is 4.83 Å². The molecule has 2 heterocycles. The second kappa shape index (κ2) is 3.90. The summed E-state index contributed by atoms with van der Waals surface area (Å²) in [5.74, 6) is 0. The van der Waals surface area contributed by atoms with Crippen molar-refractivity contribution in [2.75, 3.05) is 5.73 Å². The van der Waals surface area contributed by atoms with Gasteiger partial charge >= 0.3 is 11.1 Å². The van der Waals surface area contributed by atoms with E-state index in [0.29, 0.717) is 16.0 Å². The summed E-state index contributed by atoms with van der Waals surface area (Å²) in [4.78, 5) is 28.2. The molecule has 3 aromatic rings. The number of rotatable bonds is 0. The summed E-state index contributed by atoms with van der Waals surface area (Å²) in [6, 6.07) is 5.43. The second-order valence-corrected chi connectivity index (χ2v) is 4.52. The third-order valence-electron chi connectivity index (χ3n) is 2.38. The number of nitrogens with one attached hydrogen (secondary N) is 2. The number of benzene rings is 1. The lowest BCUT2D eigenvalue weighted by molar-refractivity contribution is 1.16. The number of fused-ring (bicyclic) bond motifs is 3. The first-order chi connectivity index (χ1) is 7.65. The predicted molar refractivity (Wildman–Crippen MR) is 72.2 cm³/mol. The van der Waals surface area contributed by atoms with Crippen LogP contribution in [0.5, 0.6) is 0 Å². The molecule has 7 heteroatoms. The van der Waals surface area contributed by atoms with Crippen LogP contribution in [0, 0.1) is 0 Å². The summed E-state index contributed by atoms with van der Waals surface area (Å²) in [6.07, 6.45) is 0. The van der Waals surface area contributed by atoms with E-state index < -0.39 is 11.1 Å². The minimum atomic E-state index is -0.644. The van der Waals surface area contributed by atoms with Crippen molar-refractivity contribution in [3.63, 3.8) is 0 Å². The summed E-state index contributed by atoms with van der Waals surface area (Å²) < 4.78 is 0.974. The maximum Gasteiger partial charge on any atom is 0.314 e. The van der Waals surface area contributed by atoms with Gasteiger partial charge in [-0.25, -0.2) is 0 Å². The molecule has 0 saturated heterocycles. The molecule has 0 aliphatic carbocycles. The van der Waals surface area contributed by atoms with Crippen molar-refractivity contribution in [1.82, 2.24) is 9.97 Å². The number of hydrogen-bond acceptors (Lipinski definition) is 4. The van der Waals surface area contributed by atoms with E-state index in [0.717, 1.165) is 10.1 Å². The molecular formula is C10H8ClN3O2S. The highest BCUT2D eigenvalue weighted by Crippen LogP contribution is 2.31. The smallest absolute Gasteiger partial charge is 0.314 e. The maximum atomic E-state index is 11.2. The van der Waals surface area contributed by atoms with Gasteiger partial charge in [0.25, 0.3) is 0 Å². The lowest BCUT2D eigenvalue weighted by Crippen LogP contribution is -2.28. The molecule has 1 aromatic carbocycles. The van der Waals surface area contributed by atoms with Crippen LogP contribution in [0.1, 0.15) is 0 Å². The van der Waals surface area contributed by atoms with Gasteiger partial charge in [-0.3, -0.25) is 9.59 Å². The van der Waals surface area contributed by atoms with E-state index in [-0.39, 0.29) is 12.4 Å². The van der Waals surface area contributed by atoms with Crippen molar-refractivity contribution < 1.29 is 0 Å². The number of anilines is 1. The van der Waals surface area contributed by atoms with Gasteiger partial charge in [0.2, 0.25) is 0 Å². The van der Waals surface area contributed by atoms with Gasteiger partial charge in [0.15, 0.2) is 0 Å². The summed E-state index contributed by atoms with van der Waals surface area (Å²) >= 11 is 1.41. The number of thiophene rings is 1. The average molecular weight is 270 g/mol. The van der Waals surface area contributed by atoms with E-state index in [1.54, 1.807) is 12.1 Å². The molecule has 3 rings (SSSR count). The average Bonchev–Trinajstić information content (AvgIpc) is 2.57. The quantitative estimate of drug-likeness (QED) is 0.426. The molecule has 0 aliphatic heterocycles. The van der Waals surface area contributed by atoms with Crippen molar-refractivity contribution >= 4 is 49.9 Å². The molecule has 0 amide bonds. The number of H-pyrrole nitrogens is 2. The number of aromatic nitrogens is 2. The highest BCUT2D eigenvalue weighted by Gasteiger charge is 2.07. The van der Waals surface area contributed by atoms with Gasteiger partial charge in [-0.15, -0.1) is 23.7 Å². The first-order valence-corrected chi connectivity index (χ1v) is 5.41. The van der Waals surface area contributed by atoms with E-state index in [4.69, 9.17) is 5.73 Å². The van der Waals surface area contributed by atoms with Crippen LogP contribution < -0.4 is 16.9 Å². The molecule has 0 unspecified atom stereocenters. The Balaban J connectivity index is 0.00000108. The fraction of sp³-hybridized carbons (Fsp3) is 0. The van der Waals surface area contributed by atoms with Crippen molar-refractivity contribution in [3.8, 4) is 0 Å². The van der Waals surface area contributed by atoms with E-state index >= 15 is 0 Å². The molecule has 0 radical (unpaired) electrons. The number of aromatic amines is 2. The SMILES string of the molecule is Cl.Nc1ccc2sc3[nH]c(=O)c(=O)[nH]c3c2c1. The Hall–Kier alpha value is -1.79. The summed E-state index contributed by atoms with van der Waals surface area (Å²) in [5.41, 5.74) is 5.67. The Kier molecular flexibility index (Phi) is 2.68. The third-order valence-corrected chi connectivity index (χ3v) is 3.47. The fourth-order valence-electron chi connectivity index (χ4n) is 1.66. The highest BCUT2D eigenvalue weighted by atomic mass is 35.5. The number of hydrogen-bond donors (Lipinski definition) is 3. The minimum Gasteiger partial charge on any atom is -0.399 e. The van der Waals surface area contributed by atoms with E-state index in [9.17, 15) is 9.59 Å². The number of nitrogen functional groups attached to an aromatic ring is 1. The molecular weight excluding hydrogens is 262 g/mol. The number of nitrogens with two attached hydrogens (primary N) is 1. The number of halogens is 1. The molecule has 2 aromatic heterocycles. The summed E-state index contributed by atoms with van der Waals surface area (Å²) in [5, 5.41) is 0.855. The van der Waals surface area contributed by atoms with Crippen LogP contribution in [-0.4, -0.2) is 9.97 Å². The highest BCUT2D eigenvalue weighted by molar-refractivity contribution is 7.25. The molecule has 0 fully saturated rings. The van der Waals surface area contributed by atoms with Crippen molar-refractivity contribution in [2.24, 2.45) is 0 Å². The van der Waals surface area contributed by atoms with Crippen LogP contribution in [0.3, 0.4) is 0 Å². The molecule has 17 heavy (non-hydrogen) atoms. The van der Waals surface area contributed by atoms with Crippen LogP contribution >= 0.6 is 23.7 Å². The Morgan fingerprint density at radius 1 is 1.12 bits per heavy atom. The fourth-order valence-corrected chi connectivity index (χ4v) is 2.69. The normalized spacial score (nSPS) is 10.6. The molecule has 0 spiro atoms. The standard InChI is InChI=1S/C10H7N3O2S.ClH/c11-4-1-2-6-5(3-4)7-10(16-6)13-9(15)8(14)12-7;/h1-3H,11H2,(H,12,14)(H,13,15);1H. The molecule has 0 aliphatic rings. The topological polar surface area (TPSA) is 91.7 Å².